The predicted molar refractivity (Wildman–Crippen MR) is 142 cm³/mol. The summed E-state index contributed by atoms with van der Waals surface area (Å²) in [6.07, 6.45) is 0.833. The molecule has 0 saturated carbocycles. The molecule has 2 rings (SSSR count). The number of ether oxygens (including phenoxy) is 1. The molecule has 0 atom stereocenters. The monoisotopic (exact) mass is 574 g/mol. The second kappa shape index (κ2) is 14.9. The van der Waals surface area contributed by atoms with Crippen LogP contribution in [0.2, 0.25) is 0 Å². The summed E-state index contributed by atoms with van der Waals surface area (Å²) in [6, 6.07) is 8.15. The Hall–Kier alpha value is -2.08. The molecule has 0 bridgehead atoms. The van der Waals surface area contributed by atoms with E-state index in [0.29, 0.717) is 13.1 Å². The Kier molecular flexibility index (Phi) is 13.1. The van der Waals surface area contributed by atoms with Gasteiger partial charge in [-0.15, -0.1) is 24.0 Å². The summed E-state index contributed by atoms with van der Waals surface area (Å²) in [4.78, 5) is 34.5. The first-order valence-electron chi connectivity index (χ1n) is 11.2. The second-order valence-electron chi connectivity index (χ2n) is 8.44. The Morgan fingerprint density at radius 1 is 1.12 bits per heavy atom. The number of aliphatic imine (C=N–C) groups is 1. The molecule has 0 unspecified atom stereocenters. The lowest BCUT2D eigenvalue weighted by atomic mass is 10.1. The molecular formula is C23H39IN6O3. The fourth-order valence-corrected chi connectivity index (χ4v) is 3.35. The standard InChI is InChI=1S/C23H38N6O3.HI/c1-18(2)26-21(30)17-28-12-14-29(15-13-28)23(25-16-22(31)27(3)4)24-11-10-19-6-8-20(32-5)9-7-19;/h6-9,18H,10-17H2,1-5H3,(H,24,25)(H,26,30);1H. The Morgan fingerprint density at radius 3 is 2.30 bits per heavy atom. The highest BCUT2D eigenvalue weighted by molar-refractivity contribution is 14.0. The summed E-state index contributed by atoms with van der Waals surface area (Å²) in [5.41, 5.74) is 1.20. The van der Waals surface area contributed by atoms with Crippen LogP contribution < -0.4 is 15.4 Å². The molecular weight excluding hydrogens is 535 g/mol. The first-order chi connectivity index (χ1) is 15.3. The summed E-state index contributed by atoms with van der Waals surface area (Å²) < 4.78 is 5.21. The molecule has 0 spiro atoms. The number of rotatable bonds is 9. The van der Waals surface area contributed by atoms with Gasteiger partial charge in [0.1, 0.15) is 12.3 Å². The van der Waals surface area contributed by atoms with Crippen molar-refractivity contribution in [2.75, 3.05) is 67.0 Å². The van der Waals surface area contributed by atoms with Crippen LogP contribution >= 0.6 is 24.0 Å². The van der Waals surface area contributed by atoms with E-state index in [-0.39, 0.29) is 48.4 Å². The Morgan fingerprint density at radius 2 is 1.76 bits per heavy atom. The number of carbonyl (C=O) groups excluding carboxylic acids is 2. The molecule has 186 valence electrons. The molecule has 1 aromatic rings. The molecule has 1 fully saturated rings. The number of likely N-dealkylation sites (N-methyl/N-ethyl adjacent to an activating group) is 1. The third kappa shape index (κ3) is 10.6. The van der Waals surface area contributed by atoms with Crippen LogP contribution in [-0.4, -0.2) is 106 Å². The normalized spacial score (nSPS) is 14.5. The van der Waals surface area contributed by atoms with Crippen LogP contribution in [0.1, 0.15) is 19.4 Å². The van der Waals surface area contributed by atoms with Gasteiger partial charge < -0.3 is 25.2 Å². The minimum absolute atomic E-state index is 0. The van der Waals surface area contributed by atoms with Gasteiger partial charge in [-0.1, -0.05) is 12.1 Å². The molecule has 1 heterocycles. The topological polar surface area (TPSA) is 89.5 Å². The first kappa shape index (κ1) is 29.0. The molecule has 9 nitrogen and oxygen atoms in total. The van der Waals surface area contributed by atoms with E-state index < -0.39 is 0 Å². The Balaban J connectivity index is 0.00000544. The number of piperazine rings is 1. The van der Waals surface area contributed by atoms with E-state index in [9.17, 15) is 9.59 Å². The summed E-state index contributed by atoms with van der Waals surface area (Å²) >= 11 is 0. The number of hydrogen-bond donors (Lipinski definition) is 2. The van der Waals surface area contributed by atoms with Crippen molar-refractivity contribution < 1.29 is 14.3 Å². The highest BCUT2D eigenvalue weighted by atomic mass is 127. The van der Waals surface area contributed by atoms with Crippen molar-refractivity contribution in [1.29, 1.82) is 0 Å². The lowest BCUT2D eigenvalue weighted by Gasteiger charge is -2.36. The van der Waals surface area contributed by atoms with Crippen molar-refractivity contribution in [2.45, 2.75) is 26.3 Å². The minimum atomic E-state index is -0.0385. The van der Waals surface area contributed by atoms with Gasteiger partial charge in [0.25, 0.3) is 0 Å². The van der Waals surface area contributed by atoms with Crippen LogP contribution in [0, 0.1) is 0 Å². The molecule has 0 radical (unpaired) electrons. The number of nitrogens with zero attached hydrogens (tertiary/aromatic N) is 4. The van der Waals surface area contributed by atoms with Gasteiger partial charge in [-0.2, -0.15) is 0 Å². The van der Waals surface area contributed by atoms with E-state index in [4.69, 9.17) is 4.74 Å². The molecule has 1 aliphatic heterocycles. The smallest absolute Gasteiger partial charge is 0.243 e. The van der Waals surface area contributed by atoms with Crippen LogP contribution in [0.4, 0.5) is 0 Å². The number of halogens is 1. The minimum Gasteiger partial charge on any atom is -0.497 e. The van der Waals surface area contributed by atoms with Gasteiger partial charge in [-0.05, 0) is 38.0 Å². The van der Waals surface area contributed by atoms with E-state index in [1.165, 1.54) is 5.56 Å². The zero-order valence-electron chi connectivity index (χ0n) is 20.5. The van der Waals surface area contributed by atoms with Gasteiger partial charge in [-0.25, -0.2) is 4.99 Å². The van der Waals surface area contributed by atoms with Crippen LogP contribution in [0.3, 0.4) is 0 Å². The molecule has 2 amide bonds. The molecule has 10 heteroatoms. The number of amides is 2. The maximum absolute atomic E-state index is 12.1. The van der Waals surface area contributed by atoms with Crippen molar-refractivity contribution in [3.63, 3.8) is 0 Å². The van der Waals surface area contributed by atoms with Crippen molar-refractivity contribution in [1.82, 2.24) is 25.3 Å². The van der Waals surface area contributed by atoms with Gasteiger partial charge in [0.15, 0.2) is 5.96 Å². The highest BCUT2D eigenvalue weighted by Gasteiger charge is 2.22. The van der Waals surface area contributed by atoms with Crippen molar-refractivity contribution >= 4 is 41.8 Å². The number of methoxy groups -OCH3 is 1. The van der Waals surface area contributed by atoms with Crippen molar-refractivity contribution in [2.24, 2.45) is 4.99 Å². The first-order valence-corrected chi connectivity index (χ1v) is 11.2. The maximum Gasteiger partial charge on any atom is 0.243 e. The quantitative estimate of drug-likeness (QED) is 0.260. The van der Waals surface area contributed by atoms with Crippen LogP contribution in [0.5, 0.6) is 5.75 Å². The second-order valence-corrected chi connectivity index (χ2v) is 8.44. The predicted octanol–water partition coefficient (Wildman–Crippen LogP) is 1.03. The van der Waals surface area contributed by atoms with E-state index in [0.717, 1.165) is 44.3 Å². The molecule has 2 N–H and O–H groups in total. The van der Waals surface area contributed by atoms with E-state index in [1.54, 1.807) is 26.1 Å². The summed E-state index contributed by atoms with van der Waals surface area (Å²) in [5.74, 6) is 1.59. The maximum atomic E-state index is 12.1. The molecule has 33 heavy (non-hydrogen) atoms. The van der Waals surface area contributed by atoms with Gasteiger partial charge in [0.2, 0.25) is 11.8 Å². The molecule has 1 aromatic carbocycles. The van der Waals surface area contributed by atoms with Crippen molar-refractivity contribution in [3.05, 3.63) is 29.8 Å². The molecule has 1 saturated heterocycles. The SMILES string of the molecule is COc1ccc(CCNC(=NCC(=O)N(C)C)N2CCN(CC(=O)NC(C)C)CC2)cc1.I. The number of nitrogens with one attached hydrogen (secondary N) is 2. The van der Waals surface area contributed by atoms with Gasteiger partial charge in [-0.3, -0.25) is 14.5 Å². The van der Waals surface area contributed by atoms with Crippen LogP contribution in [-0.2, 0) is 16.0 Å². The van der Waals surface area contributed by atoms with Gasteiger partial charge >= 0.3 is 0 Å². The fraction of sp³-hybridized carbons (Fsp3) is 0.609. The molecule has 0 aliphatic carbocycles. The summed E-state index contributed by atoms with van der Waals surface area (Å²) in [6.45, 7) is 8.18. The number of benzene rings is 1. The van der Waals surface area contributed by atoms with Crippen molar-refractivity contribution in [3.8, 4) is 5.75 Å². The largest absolute Gasteiger partial charge is 0.497 e. The van der Waals surface area contributed by atoms with E-state index in [2.05, 4.69) is 25.4 Å². The third-order valence-corrected chi connectivity index (χ3v) is 5.21. The number of carbonyl (C=O) groups is 2. The number of hydrogen-bond acceptors (Lipinski definition) is 5. The third-order valence-electron chi connectivity index (χ3n) is 5.21. The summed E-state index contributed by atoms with van der Waals surface area (Å²) in [5, 5.41) is 6.36. The fourth-order valence-electron chi connectivity index (χ4n) is 3.35. The van der Waals surface area contributed by atoms with E-state index in [1.807, 2.05) is 38.1 Å². The molecule has 0 aromatic heterocycles. The Labute approximate surface area is 214 Å². The highest BCUT2D eigenvalue weighted by Crippen LogP contribution is 2.11. The zero-order chi connectivity index (χ0) is 23.5. The average Bonchev–Trinajstić information content (AvgIpc) is 2.76. The lowest BCUT2D eigenvalue weighted by Crippen LogP contribution is -2.54. The van der Waals surface area contributed by atoms with Crippen LogP contribution in [0.15, 0.2) is 29.3 Å². The van der Waals surface area contributed by atoms with E-state index >= 15 is 0 Å². The molecule has 1 aliphatic rings. The lowest BCUT2D eigenvalue weighted by molar-refractivity contribution is -0.127. The average molecular weight is 575 g/mol. The Bertz CT molecular complexity index is 762. The van der Waals surface area contributed by atoms with Gasteiger partial charge in [0, 0.05) is 52.9 Å². The van der Waals surface area contributed by atoms with Gasteiger partial charge in [0.05, 0.1) is 13.7 Å². The summed E-state index contributed by atoms with van der Waals surface area (Å²) in [7, 11) is 5.12. The zero-order valence-corrected chi connectivity index (χ0v) is 22.8. The van der Waals surface area contributed by atoms with Crippen LogP contribution in [0.25, 0.3) is 0 Å². The number of guanidine groups is 1.